The first-order chi connectivity index (χ1) is 11.4. The second kappa shape index (κ2) is 8.24. The minimum absolute atomic E-state index is 0.128. The van der Waals surface area contributed by atoms with E-state index in [0.717, 1.165) is 5.56 Å². The number of hydrogen-bond donors (Lipinski definition) is 2. The molecule has 2 aromatic rings. The van der Waals surface area contributed by atoms with Gasteiger partial charge in [-0.1, -0.05) is 41.4 Å². The molecule has 0 fully saturated rings. The highest BCUT2D eigenvalue weighted by Crippen LogP contribution is 2.33. The molecule has 2 aromatic carbocycles. The molecule has 0 aliphatic carbocycles. The van der Waals surface area contributed by atoms with Gasteiger partial charge in [-0.3, -0.25) is 4.79 Å². The van der Waals surface area contributed by atoms with Crippen molar-refractivity contribution >= 4 is 29.2 Å². The van der Waals surface area contributed by atoms with Crippen LogP contribution in [0.3, 0.4) is 0 Å². The normalized spacial score (nSPS) is 11.8. The quantitative estimate of drug-likeness (QED) is 0.779. The Morgan fingerprint density at radius 2 is 2.00 bits per heavy atom. The van der Waals surface area contributed by atoms with Gasteiger partial charge in [0, 0.05) is 12.0 Å². The highest BCUT2D eigenvalue weighted by molar-refractivity contribution is 6.42. The molecule has 0 radical (unpaired) electrons. The van der Waals surface area contributed by atoms with E-state index < -0.39 is 12.0 Å². The number of nitrogens with two attached hydrogens (primary N) is 1. The van der Waals surface area contributed by atoms with Gasteiger partial charge in [0.2, 0.25) is 0 Å². The summed E-state index contributed by atoms with van der Waals surface area (Å²) in [7, 11) is 1.52. The summed E-state index contributed by atoms with van der Waals surface area (Å²) in [5.74, 6) is -0.110. The van der Waals surface area contributed by atoms with Crippen LogP contribution in [0.25, 0.3) is 0 Å². The zero-order valence-electron chi connectivity index (χ0n) is 13.0. The molecule has 0 spiro atoms. The van der Waals surface area contributed by atoms with Crippen LogP contribution in [-0.2, 0) is 17.8 Å². The van der Waals surface area contributed by atoms with Gasteiger partial charge in [0.25, 0.3) is 0 Å². The second-order valence-electron chi connectivity index (χ2n) is 5.13. The third-order valence-electron chi connectivity index (χ3n) is 3.40. The molecule has 0 aliphatic rings. The molecule has 0 saturated heterocycles. The lowest BCUT2D eigenvalue weighted by Gasteiger charge is -2.16. The summed E-state index contributed by atoms with van der Waals surface area (Å²) in [4.78, 5) is 11.0. The van der Waals surface area contributed by atoms with E-state index in [0.29, 0.717) is 27.1 Å². The Bertz CT molecular complexity index is 737. The number of carboxylic acid groups (broad SMARTS) is 1. The standard InChI is InChI=1S/C17H17Cl2NO4/c1-23-15-4-2-3-11(8-14(20)17(21)22)16(15)24-9-10-5-6-12(18)13(19)7-10/h2-7,14H,8-9,20H2,1H3,(H,21,22). The SMILES string of the molecule is COc1cccc(CC(N)C(=O)O)c1OCc1ccc(Cl)c(Cl)c1. The van der Waals surface area contributed by atoms with Crippen molar-refractivity contribution in [3.05, 3.63) is 57.6 Å². The number of rotatable bonds is 7. The monoisotopic (exact) mass is 369 g/mol. The summed E-state index contributed by atoms with van der Waals surface area (Å²) >= 11 is 11.9. The average Bonchev–Trinajstić information content (AvgIpc) is 2.56. The summed E-state index contributed by atoms with van der Waals surface area (Å²) in [5, 5.41) is 9.90. The van der Waals surface area contributed by atoms with Crippen LogP contribution < -0.4 is 15.2 Å². The molecule has 128 valence electrons. The first-order valence-electron chi connectivity index (χ1n) is 7.13. The average molecular weight is 370 g/mol. The molecule has 0 amide bonds. The molecule has 2 rings (SSSR count). The van der Waals surface area contributed by atoms with Crippen molar-refractivity contribution < 1.29 is 19.4 Å². The fourth-order valence-electron chi connectivity index (χ4n) is 2.16. The molecule has 1 atom stereocenters. The summed E-state index contributed by atoms with van der Waals surface area (Å²) in [5.41, 5.74) is 7.10. The molecule has 0 aliphatic heterocycles. The lowest BCUT2D eigenvalue weighted by molar-refractivity contribution is -0.138. The molecular weight excluding hydrogens is 353 g/mol. The van der Waals surface area contributed by atoms with E-state index in [9.17, 15) is 4.79 Å². The topological polar surface area (TPSA) is 81.8 Å². The lowest BCUT2D eigenvalue weighted by atomic mass is 10.0. The number of benzene rings is 2. The van der Waals surface area contributed by atoms with Crippen molar-refractivity contribution in [2.75, 3.05) is 7.11 Å². The summed E-state index contributed by atoms with van der Waals surface area (Å²) in [6.07, 6.45) is 0.128. The van der Waals surface area contributed by atoms with Gasteiger partial charge in [0.1, 0.15) is 12.6 Å². The number of ether oxygens (including phenoxy) is 2. The zero-order valence-corrected chi connectivity index (χ0v) is 14.5. The number of carbonyl (C=O) groups is 1. The fraction of sp³-hybridized carbons (Fsp3) is 0.235. The van der Waals surface area contributed by atoms with Crippen molar-refractivity contribution in [1.29, 1.82) is 0 Å². The van der Waals surface area contributed by atoms with Gasteiger partial charge < -0.3 is 20.3 Å². The third kappa shape index (κ3) is 4.54. The van der Waals surface area contributed by atoms with Crippen molar-refractivity contribution in [3.8, 4) is 11.5 Å². The molecular formula is C17H17Cl2NO4. The number of hydrogen-bond acceptors (Lipinski definition) is 4. The van der Waals surface area contributed by atoms with Crippen molar-refractivity contribution in [1.82, 2.24) is 0 Å². The largest absolute Gasteiger partial charge is 0.493 e. The zero-order chi connectivity index (χ0) is 17.7. The van der Waals surface area contributed by atoms with Crippen LogP contribution in [0.4, 0.5) is 0 Å². The van der Waals surface area contributed by atoms with Crippen LogP contribution in [0.5, 0.6) is 11.5 Å². The first-order valence-corrected chi connectivity index (χ1v) is 7.89. The number of carboxylic acids is 1. The van der Waals surface area contributed by atoms with Gasteiger partial charge in [-0.2, -0.15) is 0 Å². The Morgan fingerprint density at radius 3 is 2.62 bits per heavy atom. The van der Waals surface area contributed by atoms with E-state index in [1.165, 1.54) is 7.11 Å². The minimum Gasteiger partial charge on any atom is -0.493 e. The van der Waals surface area contributed by atoms with Crippen LogP contribution in [0.1, 0.15) is 11.1 Å². The summed E-state index contributed by atoms with van der Waals surface area (Å²) in [6, 6.07) is 9.43. The van der Waals surface area contributed by atoms with Gasteiger partial charge in [-0.05, 0) is 23.8 Å². The van der Waals surface area contributed by atoms with Crippen LogP contribution in [0, 0.1) is 0 Å². The van der Waals surface area contributed by atoms with Gasteiger partial charge in [0.05, 0.1) is 17.2 Å². The van der Waals surface area contributed by atoms with Crippen molar-refractivity contribution in [2.45, 2.75) is 19.1 Å². The Hall–Kier alpha value is -1.95. The lowest BCUT2D eigenvalue weighted by Crippen LogP contribution is -2.32. The van der Waals surface area contributed by atoms with Crippen LogP contribution in [-0.4, -0.2) is 24.2 Å². The van der Waals surface area contributed by atoms with Gasteiger partial charge in [-0.25, -0.2) is 0 Å². The number of aliphatic carboxylic acids is 1. The maximum Gasteiger partial charge on any atom is 0.320 e. The van der Waals surface area contributed by atoms with Gasteiger partial charge in [0.15, 0.2) is 11.5 Å². The molecule has 24 heavy (non-hydrogen) atoms. The minimum atomic E-state index is -1.08. The molecule has 7 heteroatoms. The van der Waals surface area contributed by atoms with E-state index in [2.05, 4.69) is 0 Å². The van der Waals surface area contributed by atoms with Crippen molar-refractivity contribution in [3.63, 3.8) is 0 Å². The molecule has 0 saturated carbocycles. The van der Waals surface area contributed by atoms with E-state index in [1.54, 1.807) is 36.4 Å². The summed E-state index contributed by atoms with van der Waals surface area (Å²) < 4.78 is 11.1. The smallest absolute Gasteiger partial charge is 0.320 e. The molecule has 0 bridgehead atoms. The highest BCUT2D eigenvalue weighted by atomic mass is 35.5. The molecule has 5 nitrogen and oxygen atoms in total. The Balaban J connectivity index is 2.23. The molecule has 3 N–H and O–H groups in total. The molecule has 0 heterocycles. The Kier molecular flexibility index (Phi) is 6.31. The molecule has 0 aromatic heterocycles. The molecule has 1 unspecified atom stereocenters. The van der Waals surface area contributed by atoms with Crippen LogP contribution in [0.15, 0.2) is 36.4 Å². The van der Waals surface area contributed by atoms with Crippen LogP contribution >= 0.6 is 23.2 Å². The first kappa shape index (κ1) is 18.4. The van der Waals surface area contributed by atoms with E-state index in [4.69, 9.17) is 43.5 Å². The number of para-hydroxylation sites is 1. The highest BCUT2D eigenvalue weighted by Gasteiger charge is 2.18. The van der Waals surface area contributed by atoms with E-state index in [1.807, 2.05) is 0 Å². The van der Waals surface area contributed by atoms with Gasteiger partial charge in [-0.15, -0.1) is 0 Å². The predicted octanol–water partition coefficient (Wildman–Crippen LogP) is 3.54. The van der Waals surface area contributed by atoms with E-state index >= 15 is 0 Å². The third-order valence-corrected chi connectivity index (χ3v) is 4.14. The second-order valence-corrected chi connectivity index (χ2v) is 5.95. The van der Waals surface area contributed by atoms with Gasteiger partial charge >= 0.3 is 5.97 Å². The Morgan fingerprint density at radius 1 is 1.25 bits per heavy atom. The maximum absolute atomic E-state index is 11.0. The Labute approximate surface area is 149 Å². The fourth-order valence-corrected chi connectivity index (χ4v) is 2.48. The summed E-state index contributed by atoms with van der Waals surface area (Å²) in [6.45, 7) is 0.229. The number of methoxy groups -OCH3 is 1. The number of halogens is 2. The van der Waals surface area contributed by atoms with Crippen molar-refractivity contribution in [2.24, 2.45) is 5.73 Å². The van der Waals surface area contributed by atoms with E-state index in [-0.39, 0.29) is 13.0 Å². The predicted molar refractivity (Wildman–Crippen MR) is 93.1 cm³/mol. The van der Waals surface area contributed by atoms with Crippen LogP contribution in [0.2, 0.25) is 10.0 Å². The maximum atomic E-state index is 11.0.